The van der Waals surface area contributed by atoms with Gasteiger partial charge in [-0.3, -0.25) is 0 Å². The Morgan fingerprint density at radius 2 is 1.88 bits per heavy atom. The number of aliphatic hydroxyl groups excluding tert-OH is 1. The highest BCUT2D eigenvalue weighted by molar-refractivity contribution is 5.76. The molecule has 0 spiro atoms. The molecule has 1 aliphatic rings. The van der Waals surface area contributed by atoms with Crippen LogP contribution in [0.25, 0.3) is 0 Å². The van der Waals surface area contributed by atoms with Gasteiger partial charge in [0, 0.05) is 0 Å². The molecule has 1 N–H and O–H groups in total. The predicted octanol–water partition coefficient (Wildman–Crippen LogP) is 2.16. The van der Waals surface area contributed by atoms with Crippen molar-refractivity contribution in [2.45, 2.75) is 58.0 Å². The lowest BCUT2D eigenvalue weighted by Crippen LogP contribution is -2.41. The van der Waals surface area contributed by atoms with Crippen molar-refractivity contribution in [1.29, 1.82) is 5.26 Å². The first-order valence-corrected chi connectivity index (χ1v) is 6.42. The van der Waals surface area contributed by atoms with Crippen molar-refractivity contribution in [1.82, 2.24) is 0 Å². The van der Waals surface area contributed by atoms with Gasteiger partial charge in [0.1, 0.15) is 0 Å². The van der Waals surface area contributed by atoms with Crippen molar-refractivity contribution < 1.29 is 14.6 Å². The molecule has 0 aromatic heterocycles. The Balaban J connectivity index is 2.77. The third kappa shape index (κ3) is 3.44. The van der Waals surface area contributed by atoms with Crippen molar-refractivity contribution in [3.05, 3.63) is 0 Å². The van der Waals surface area contributed by atoms with E-state index in [4.69, 9.17) is 4.74 Å². The second-order valence-electron chi connectivity index (χ2n) is 4.69. The van der Waals surface area contributed by atoms with E-state index in [0.29, 0.717) is 12.8 Å². The van der Waals surface area contributed by atoms with E-state index < -0.39 is 17.5 Å². The third-order valence-corrected chi connectivity index (χ3v) is 3.50. The molecule has 96 valence electrons. The molecule has 4 nitrogen and oxygen atoms in total. The fraction of sp³-hybridized carbons (Fsp3) is 0.846. The van der Waals surface area contributed by atoms with Gasteiger partial charge in [-0.05, 0) is 19.8 Å². The molecule has 1 saturated carbocycles. The van der Waals surface area contributed by atoms with Crippen molar-refractivity contribution in [2.24, 2.45) is 5.41 Å². The first kappa shape index (κ1) is 14.0. The van der Waals surface area contributed by atoms with Crippen LogP contribution in [0, 0.1) is 16.7 Å². The molecule has 0 saturated heterocycles. The maximum atomic E-state index is 11.6. The Morgan fingerprint density at radius 1 is 1.35 bits per heavy atom. The standard InChI is InChI=1S/C13H21NO3/c1-2-17-12(16)11(15)13(10-14)8-6-4-3-5-7-9-13/h11,15H,2-9H2,1H3. The molecule has 4 heteroatoms. The molecule has 1 unspecified atom stereocenters. The molecule has 1 fully saturated rings. The number of rotatable bonds is 3. The normalized spacial score (nSPS) is 21.7. The Kier molecular flexibility index (Phi) is 5.43. The molecule has 0 aromatic rings. The number of carbonyl (C=O) groups is 1. The summed E-state index contributed by atoms with van der Waals surface area (Å²) in [5.41, 5.74) is -0.938. The summed E-state index contributed by atoms with van der Waals surface area (Å²) in [5, 5.41) is 19.4. The number of ether oxygens (including phenoxy) is 1. The summed E-state index contributed by atoms with van der Waals surface area (Å²) < 4.78 is 4.82. The first-order valence-electron chi connectivity index (χ1n) is 6.42. The molecule has 0 bridgehead atoms. The van der Waals surface area contributed by atoms with Gasteiger partial charge in [-0.15, -0.1) is 0 Å². The van der Waals surface area contributed by atoms with Crippen molar-refractivity contribution in [2.75, 3.05) is 6.61 Å². The zero-order valence-corrected chi connectivity index (χ0v) is 10.4. The fourth-order valence-corrected chi connectivity index (χ4v) is 2.43. The molecule has 17 heavy (non-hydrogen) atoms. The number of hydrogen-bond acceptors (Lipinski definition) is 4. The monoisotopic (exact) mass is 239 g/mol. The average Bonchev–Trinajstić information content (AvgIpc) is 2.29. The lowest BCUT2D eigenvalue weighted by Gasteiger charge is -2.31. The van der Waals surface area contributed by atoms with Gasteiger partial charge in [0.2, 0.25) is 0 Å². The SMILES string of the molecule is CCOC(=O)C(O)C1(C#N)CCCCCCC1. The van der Waals surface area contributed by atoms with E-state index in [0.717, 1.165) is 25.7 Å². The van der Waals surface area contributed by atoms with Crippen LogP contribution in [0.2, 0.25) is 0 Å². The Morgan fingerprint density at radius 3 is 2.35 bits per heavy atom. The molecule has 0 heterocycles. The van der Waals surface area contributed by atoms with Gasteiger partial charge < -0.3 is 9.84 Å². The summed E-state index contributed by atoms with van der Waals surface area (Å²) in [6, 6.07) is 2.17. The van der Waals surface area contributed by atoms with Crippen LogP contribution in [0.1, 0.15) is 51.9 Å². The summed E-state index contributed by atoms with van der Waals surface area (Å²) >= 11 is 0. The van der Waals surface area contributed by atoms with E-state index in [2.05, 4.69) is 6.07 Å². The van der Waals surface area contributed by atoms with Crippen LogP contribution >= 0.6 is 0 Å². The van der Waals surface area contributed by atoms with Crippen LogP contribution < -0.4 is 0 Å². The zero-order valence-electron chi connectivity index (χ0n) is 10.4. The minimum absolute atomic E-state index is 0.234. The lowest BCUT2D eigenvalue weighted by molar-refractivity contribution is -0.159. The number of carbonyl (C=O) groups excluding carboxylic acids is 1. The van der Waals surface area contributed by atoms with Crippen LogP contribution in [0.4, 0.5) is 0 Å². The Bertz CT molecular complexity index is 288. The molecular weight excluding hydrogens is 218 g/mol. The van der Waals surface area contributed by atoms with Crippen LogP contribution in [-0.4, -0.2) is 23.8 Å². The van der Waals surface area contributed by atoms with E-state index in [-0.39, 0.29) is 6.61 Å². The predicted molar refractivity (Wildman–Crippen MR) is 63.0 cm³/mol. The van der Waals surface area contributed by atoms with Gasteiger partial charge in [0.25, 0.3) is 0 Å². The molecule has 0 aromatic carbocycles. The topological polar surface area (TPSA) is 70.3 Å². The summed E-state index contributed by atoms with van der Waals surface area (Å²) in [5.74, 6) is -0.658. The molecule has 1 atom stereocenters. The maximum absolute atomic E-state index is 11.6. The van der Waals surface area contributed by atoms with Gasteiger partial charge in [0.15, 0.2) is 6.10 Å². The molecule has 0 radical (unpaired) electrons. The number of nitriles is 1. The smallest absolute Gasteiger partial charge is 0.336 e. The summed E-state index contributed by atoms with van der Waals surface area (Å²) in [6.07, 6.45) is 4.97. The molecule has 0 amide bonds. The average molecular weight is 239 g/mol. The van der Waals surface area contributed by atoms with Gasteiger partial charge in [-0.25, -0.2) is 4.79 Å². The summed E-state index contributed by atoms with van der Waals surface area (Å²) in [7, 11) is 0. The van der Waals surface area contributed by atoms with Crippen molar-refractivity contribution >= 4 is 5.97 Å². The summed E-state index contributed by atoms with van der Waals surface area (Å²) in [4.78, 5) is 11.6. The highest BCUT2D eigenvalue weighted by Gasteiger charge is 2.42. The van der Waals surface area contributed by atoms with E-state index >= 15 is 0 Å². The van der Waals surface area contributed by atoms with E-state index in [9.17, 15) is 15.2 Å². The largest absolute Gasteiger partial charge is 0.464 e. The minimum atomic E-state index is -1.30. The molecule has 0 aliphatic heterocycles. The lowest BCUT2D eigenvalue weighted by atomic mass is 9.73. The van der Waals surface area contributed by atoms with E-state index in [1.807, 2.05) is 0 Å². The van der Waals surface area contributed by atoms with E-state index in [1.54, 1.807) is 6.92 Å². The second-order valence-corrected chi connectivity index (χ2v) is 4.69. The fourth-order valence-electron chi connectivity index (χ4n) is 2.43. The van der Waals surface area contributed by atoms with Crippen LogP contribution in [0.3, 0.4) is 0 Å². The Hall–Kier alpha value is -1.08. The third-order valence-electron chi connectivity index (χ3n) is 3.50. The molecule has 1 rings (SSSR count). The highest BCUT2D eigenvalue weighted by Crippen LogP contribution is 2.37. The van der Waals surface area contributed by atoms with Gasteiger partial charge in [0.05, 0.1) is 18.1 Å². The van der Waals surface area contributed by atoms with Crippen LogP contribution in [0.15, 0.2) is 0 Å². The first-order chi connectivity index (χ1) is 8.16. The number of hydrogen-bond donors (Lipinski definition) is 1. The van der Waals surface area contributed by atoms with Crippen LogP contribution in [0.5, 0.6) is 0 Å². The molecule has 1 aliphatic carbocycles. The second kappa shape index (κ2) is 6.61. The number of esters is 1. The number of nitrogens with zero attached hydrogens (tertiary/aromatic N) is 1. The van der Waals surface area contributed by atoms with Crippen molar-refractivity contribution in [3.63, 3.8) is 0 Å². The van der Waals surface area contributed by atoms with Crippen LogP contribution in [-0.2, 0) is 9.53 Å². The minimum Gasteiger partial charge on any atom is -0.464 e. The van der Waals surface area contributed by atoms with Crippen molar-refractivity contribution in [3.8, 4) is 6.07 Å². The quantitative estimate of drug-likeness (QED) is 0.766. The van der Waals surface area contributed by atoms with Gasteiger partial charge in [-0.2, -0.15) is 5.26 Å². The maximum Gasteiger partial charge on any atom is 0.336 e. The Labute approximate surface area is 103 Å². The van der Waals surface area contributed by atoms with Gasteiger partial charge in [-0.1, -0.05) is 32.1 Å². The van der Waals surface area contributed by atoms with E-state index in [1.165, 1.54) is 6.42 Å². The summed E-state index contributed by atoms with van der Waals surface area (Å²) in [6.45, 7) is 1.93. The number of aliphatic hydroxyl groups is 1. The zero-order chi connectivity index (χ0) is 12.7. The van der Waals surface area contributed by atoms with Gasteiger partial charge >= 0.3 is 5.97 Å². The molecular formula is C13H21NO3. The highest BCUT2D eigenvalue weighted by atomic mass is 16.5.